The van der Waals surface area contributed by atoms with Gasteiger partial charge in [-0.15, -0.1) is 0 Å². The maximum atomic E-state index is 13.0. The number of halogens is 1. The highest BCUT2D eigenvalue weighted by Crippen LogP contribution is 2.52. The maximum absolute atomic E-state index is 13.0. The second-order valence-electron chi connectivity index (χ2n) is 8.25. The van der Waals surface area contributed by atoms with Gasteiger partial charge in [-0.05, 0) is 46.0 Å². The van der Waals surface area contributed by atoms with E-state index in [-0.39, 0.29) is 11.3 Å². The van der Waals surface area contributed by atoms with Gasteiger partial charge in [0.25, 0.3) is 5.91 Å². The molecule has 4 rings (SSSR count). The average Bonchev–Trinajstić information content (AvgIpc) is 2.94. The molecule has 1 saturated heterocycles. The summed E-state index contributed by atoms with van der Waals surface area (Å²) in [5.74, 6) is 0.0399. The van der Waals surface area contributed by atoms with Gasteiger partial charge in [0.15, 0.2) is 11.3 Å². The minimum Gasteiger partial charge on any atom is -0.334 e. The molecule has 2 fully saturated rings. The van der Waals surface area contributed by atoms with Crippen LogP contribution in [-0.2, 0) is 0 Å². The summed E-state index contributed by atoms with van der Waals surface area (Å²) in [6, 6.07) is 2.12. The van der Waals surface area contributed by atoms with Crippen LogP contribution < -0.4 is 0 Å². The first kappa shape index (κ1) is 15.1. The van der Waals surface area contributed by atoms with Crippen molar-refractivity contribution < 1.29 is 4.79 Å². The number of hydrogen-bond donors (Lipinski definition) is 0. The van der Waals surface area contributed by atoms with Crippen molar-refractivity contribution in [3.8, 4) is 0 Å². The zero-order valence-electron chi connectivity index (χ0n) is 13.7. The predicted octanol–water partition coefficient (Wildman–Crippen LogP) is 3.53. The SMILES string of the molecule is CC1(C)CC2CC(C)(CN2C(=O)c2cc3ncc(Br)cn3n2)C1. The molecule has 2 aliphatic rings. The highest BCUT2D eigenvalue weighted by Gasteiger charge is 2.51. The average molecular weight is 377 g/mol. The van der Waals surface area contributed by atoms with Crippen molar-refractivity contribution in [2.45, 2.75) is 46.1 Å². The number of amides is 1. The molecular formula is C17H21BrN4O. The largest absolute Gasteiger partial charge is 0.334 e. The van der Waals surface area contributed by atoms with Crippen LogP contribution in [0, 0.1) is 10.8 Å². The van der Waals surface area contributed by atoms with Crippen molar-refractivity contribution in [3.63, 3.8) is 0 Å². The van der Waals surface area contributed by atoms with Crippen LogP contribution in [0.3, 0.4) is 0 Å². The van der Waals surface area contributed by atoms with Gasteiger partial charge in [0.1, 0.15) is 0 Å². The lowest BCUT2D eigenvalue weighted by Crippen LogP contribution is -2.37. The van der Waals surface area contributed by atoms with E-state index in [0.717, 1.165) is 23.9 Å². The van der Waals surface area contributed by atoms with E-state index >= 15 is 0 Å². The van der Waals surface area contributed by atoms with E-state index in [2.05, 4.69) is 46.8 Å². The molecule has 6 heteroatoms. The summed E-state index contributed by atoms with van der Waals surface area (Å²) < 4.78 is 2.50. The number of likely N-dealkylation sites (tertiary alicyclic amines) is 1. The van der Waals surface area contributed by atoms with Crippen LogP contribution in [0.15, 0.2) is 22.9 Å². The van der Waals surface area contributed by atoms with Gasteiger partial charge in [0.05, 0.1) is 4.47 Å². The maximum Gasteiger partial charge on any atom is 0.274 e. The topological polar surface area (TPSA) is 50.5 Å². The molecule has 2 aromatic heterocycles. The van der Waals surface area contributed by atoms with Crippen LogP contribution >= 0.6 is 15.9 Å². The van der Waals surface area contributed by atoms with Gasteiger partial charge < -0.3 is 4.90 Å². The van der Waals surface area contributed by atoms with Gasteiger partial charge in [-0.1, -0.05) is 20.8 Å². The molecule has 0 aromatic carbocycles. The van der Waals surface area contributed by atoms with Gasteiger partial charge >= 0.3 is 0 Å². The monoisotopic (exact) mass is 376 g/mol. The smallest absolute Gasteiger partial charge is 0.274 e. The first-order valence-corrected chi connectivity index (χ1v) is 8.86. The van der Waals surface area contributed by atoms with Crippen molar-refractivity contribution in [3.05, 3.63) is 28.6 Å². The van der Waals surface area contributed by atoms with Gasteiger partial charge in [-0.25, -0.2) is 9.50 Å². The van der Waals surface area contributed by atoms with Crippen molar-refractivity contribution in [1.29, 1.82) is 0 Å². The number of fused-ring (bicyclic) bond motifs is 3. The van der Waals surface area contributed by atoms with Crippen LogP contribution in [0.1, 0.15) is 50.5 Å². The van der Waals surface area contributed by atoms with E-state index < -0.39 is 0 Å². The van der Waals surface area contributed by atoms with Gasteiger partial charge in [0.2, 0.25) is 0 Å². The number of aromatic nitrogens is 3. The third-order valence-corrected chi connectivity index (χ3v) is 5.59. The van der Waals surface area contributed by atoms with Crippen LogP contribution in [0.25, 0.3) is 5.65 Å². The van der Waals surface area contributed by atoms with Gasteiger partial charge in [0, 0.05) is 31.0 Å². The Bertz CT molecular complexity index is 799. The molecule has 1 saturated carbocycles. The first-order valence-electron chi connectivity index (χ1n) is 8.07. The molecule has 0 N–H and O–H groups in total. The molecule has 5 nitrogen and oxygen atoms in total. The Labute approximate surface area is 144 Å². The molecule has 2 aromatic rings. The van der Waals surface area contributed by atoms with Crippen molar-refractivity contribution in [2.75, 3.05) is 6.54 Å². The molecule has 1 aliphatic heterocycles. The standard InChI is InChI=1S/C17H21BrN4O/c1-16(2)5-12-6-17(3,9-16)10-21(12)15(23)13-4-14-19-7-11(18)8-22(14)20-13/h4,7-8,12H,5-6,9-10H2,1-3H3. The Kier molecular flexibility index (Phi) is 3.15. The molecule has 2 atom stereocenters. The zero-order valence-corrected chi connectivity index (χ0v) is 15.3. The Hall–Kier alpha value is -1.43. The summed E-state index contributed by atoms with van der Waals surface area (Å²) in [6.07, 6.45) is 6.91. The predicted molar refractivity (Wildman–Crippen MR) is 91.3 cm³/mol. The number of hydrogen-bond acceptors (Lipinski definition) is 3. The lowest BCUT2D eigenvalue weighted by Gasteiger charge is -2.39. The Balaban J connectivity index is 1.66. The highest BCUT2D eigenvalue weighted by atomic mass is 79.9. The lowest BCUT2D eigenvalue weighted by molar-refractivity contribution is 0.0702. The van der Waals surface area contributed by atoms with E-state index in [1.807, 2.05) is 11.1 Å². The molecule has 2 bridgehead atoms. The van der Waals surface area contributed by atoms with Crippen LogP contribution in [0.5, 0.6) is 0 Å². The van der Waals surface area contributed by atoms with Crippen LogP contribution in [0.2, 0.25) is 0 Å². The third-order valence-electron chi connectivity index (χ3n) is 5.18. The number of carbonyl (C=O) groups is 1. The van der Waals surface area contributed by atoms with Crippen LogP contribution in [-0.4, -0.2) is 38.0 Å². The Morgan fingerprint density at radius 3 is 2.91 bits per heavy atom. The van der Waals surface area contributed by atoms with E-state index in [4.69, 9.17) is 0 Å². The Morgan fingerprint density at radius 1 is 1.35 bits per heavy atom. The molecule has 2 unspecified atom stereocenters. The van der Waals surface area contributed by atoms with E-state index in [0.29, 0.717) is 22.8 Å². The van der Waals surface area contributed by atoms with Crippen molar-refractivity contribution >= 4 is 27.5 Å². The number of carbonyl (C=O) groups excluding carboxylic acids is 1. The summed E-state index contributed by atoms with van der Waals surface area (Å²) in [7, 11) is 0. The summed E-state index contributed by atoms with van der Waals surface area (Å²) >= 11 is 3.38. The molecule has 0 radical (unpaired) electrons. The zero-order chi connectivity index (χ0) is 16.4. The fourth-order valence-corrected chi connectivity index (χ4v) is 5.10. The molecule has 1 aliphatic carbocycles. The summed E-state index contributed by atoms with van der Waals surface area (Å²) in [5, 5.41) is 4.42. The normalized spacial score (nSPS) is 29.2. The molecule has 0 spiro atoms. The first-order chi connectivity index (χ1) is 10.7. The minimum absolute atomic E-state index is 0.0399. The lowest BCUT2D eigenvalue weighted by atomic mass is 9.65. The van der Waals surface area contributed by atoms with E-state index in [1.165, 1.54) is 6.42 Å². The fraction of sp³-hybridized carbons (Fsp3) is 0.588. The van der Waals surface area contributed by atoms with E-state index in [9.17, 15) is 4.79 Å². The summed E-state index contributed by atoms with van der Waals surface area (Å²) in [6.45, 7) is 7.79. The second-order valence-corrected chi connectivity index (χ2v) is 9.17. The number of nitrogens with zero attached hydrogens (tertiary/aromatic N) is 4. The van der Waals surface area contributed by atoms with Gasteiger partial charge in [-0.3, -0.25) is 4.79 Å². The van der Waals surface area contributed by atoms with Crippen molar-refractivity contribution in [2.24, 2.45) is 10.8 Å². The fourth-order valence-electron chi connectivity index (χ4n) is 4.80. The molecule has 122 valence electrons. The van der Waals surface area contributed by atoms with Crippen molar-refractivity contribution in [1.82, 2.24) is 19.5 Å². The molecular weight excluding hydrogens is 356 g/mol. The van der Waals surface area contributed by atoms with E-state index in [1.54, 1.807) is 16.8 Å². The summed E-state index contributed by atoms with van der Waals surface area (Å²) in [4.78, 5) is 19.4. The molecule has 3 heterocycles. The van der Waals surface area contributed by atoms with Crippen LogP contribution in [0.4, 0.5) is 0 Å². The number of rotatable bonds is 1. The summed E-state index contributed by atoms with van der Waals surface area (Å²) in [5.41, 5.74) is 1.73. The third kappa shape index (κ3) is 2.57. The quantitative estimate of drug-likeness (QED) is 0.764. The highest BCUT2D eigenvalue weighted by molar-refractivity contribution is 9.10. The Morgan fingerprint density at radius 2 is 2.13 bits per heavy atom. The van der Waals surface area contributed by atoms with Gasteiger partial charge in [-0.2, -0.15) is 5.10 Å². The molecule has 1 amide bonds. The minimum atomic E-state index is 0.0399. The second kappa shape index (κ2) is 4.79. The molecule has 23 heavy (non-hydrogen) atoms.